The molecular formula is C15H18N2O7. The Morgan fingerprint density at radius 2 is 2.17 bits per heavy atom. The summed E-state index contributed by atoms with van der Waals surface area (Å²) in [7, 11) is 1.47. The Balaban J connectivity index is 2.27. The van der Waals surface area contributed by atoms with Gasteiger partial charge in [0.15, 0.2) is 6.10 Å². The maximum Gasteiger partial charge on any atom is 0.326 e. The Morgan fingerprint density at radius 3 is 2.79 bits per heavy atom. The van der Waals surface area contributed by atoms with Crippen LogP contribution in [0.4, 0.5) is 11.4 Å². The molecule has 1 aliphatic heterocycles. The van der Waals surface area contributed by atoms with E-state index in [2.05, 4.69) is 0 Å². The minimum Gasteiger partial charge on any atom is -0.478 e. The fraction of sp³-hybridized carbons (Fsp3) is 0.467. The van der Waals surface area contributed by atoms with Crippen molar-refractivity contribution in [3.05, 3.63) is 28.3 Å². The number of nitrogens with zero attached hydrogens (tertiary/aromatic N) is 2. The zero-order valence-electron chi connectivity index (χ0n) is 13.4. The highest BCUT2D eigenvalue weighted by molar-refractivity contribution is 6.03. The van der Waals surface area contributed by atoms with Crippen molar-refractivity contribution in [3.8, 4) is 5.75 Å². The van der Waals surface area contributed by atoms with Crippen molar-refractivity contribution >= 4 is 23.3 Å². The van der Waals surface area contributed by atoms with Gasteiger partial charge >= 0.3 is 5.97 Å². The van der Waals surface area contributed by atoms with Gasteiger partial charge in [-0.2, -0.15) is 0 Å². The molecule has 1 unspecified atom stereocenters. The molecule has 0 saturated heterocycles. The van der Waals surface area contributed by atoms with E-state index in [9.17, 15) is 19.7 Å². The molecule has 1 heterocycles. The van der Waals surface area contributed by atoms with E-state index in [0.29, 0.717) is 12.2 Å². The second-order valence-corrected chi connectivity index (χ2v) is 5.06. The number of ether oxygens (including phenoxy) is 3. The SMILES string of the molecule is CCC1Oc2ccc([N+](=O)[O-])cc2N(CC(=O)OCCOC)C1=O. The van der Waals surface area contributed by atoms with Crippen molar-refractivity contribution in [2.75, 3.05) is 31.8 Å². The van der Waals surface area contributed by atoms with Crippen LogP contribution in [0.25, 0.3) is 0 Å². The van der Waals surface area contributed by atoms with E-state index in [1.165, 1.54) is 25.3 Å². The quantitative estimate of drug-likeness (QED) is 0.319. The topological polar surface area (TPSA) is 108 Å². The number of amides is 1. The van der Waals surface area contributed by atoms with Gasteiger partial charge in [0.2, 0.25) is 0 Å². The molecule has 1 amide bonds. The lowest BCUT2D eigenvalue weighted by Crippen LogP contribution is -2.48. The number of esters is 1. The summed E-state index contributed by atoms with van der Waals surface area (Å²) in [6.45, 7) is 1.72. The van der Waals surface area contributed by atoms with Crippen LogP contribution in [0.1, 0.15) is 13.3 Å². The first-order chi connectivity index (χ1) is 11.5. The number of nitro groups is 1. The number of carbonyl (C=O) groups is 2. The van der Waals surface area contributed by atoms with Crippen LogP contribution >= 0.6 is 0 Å². The molecule has 1 aliphatic rings. The number of rotatable bonds is 7. The van der Waals surface area contributed by atoms with Gasteiger partial charge in [-0.15, -0.1) is 0 Å². The Labute approximate surface area is 138 Å². The zero-order chi connectivity index (χ0) is 17.7. The van der Waals surface area contributed by atoms with Gasteiger partial charge in [-0.05, 0) is 12.5 Å². The molecule has 0 aliphatic carbocycles. The fourth-order valence-corrected chi connectivity index (χ4v) is 2.26. The first-order valence-electron chi connectivity index (χ1n) is 7.39. The Morgan fingerprint density at radius 1 is 1.42 bits per heavy atom. The number of hydrogen-bond acceptors (Lipinski definition) is 7. The third kappa shape index (κ3) is 3.80. The van der Waals surface area contributed by atoms with E-state index in [1.54, 1.807) is 6.92 Å². The smallest absolute Gasteiger partial charge is 0.326 e. The minimum absolute atomic E-state index is 0.0624. The molecule has 0 bridgehead atoms. The molecule has 9 nitrogen and oxygen atoms in total. The molecule has 9 heteroatoms. The number of methoxy groups -OCH3 is 1. The molecule has 0 radical (unpaired) electrons. The number of non-ortho nitro benzene ring substituents is 1. The average molecular weight is 338 g/mol. The molecule has 2 rings (SSSR count). The first-order valence-corrected chi connectivity index (χ1v) is 7.39. The highest BCUT2D eigenvalue weighted by Crippen LogP contribution is 2.37. The third-order valence-corrected chi connectivity index (χ3v) is 3.46. The number of nitro benzene ring substituents is 1. The number of carbonyl (C=O) groups excluding carboxylic acids is 2. The van der Waals surface area contributed by atoms with E-state index >= 15 is 0 Å². The van der Waals surface area contributed by atoms with Crippen LogP contribution in [0.5, 0.6) is 5.75 Å². The normalized spacial score (nSPS) is 16.3. The number of benzene rings is 1. The summed E-state index contributed by atoms with van der Waals surface area (Å²) >= 11 is 0. The van der Waals surface area contributed by atoms with Crippen molar-refractivity contribution in [1.82, 2.24) is 0 Å². The second-order valence-electron chi connectivity index (χ2n) is 5.06. The molecule has 0 saturated carbocycles. The van der Waals surface area contributed by atoms with E-state index in [-0.39, 0.29) is 31.1 Å². The van der Waals surface area contributed by atoms with Gasteiger partial charge in [-0.3, -0.25) is 24.6 Å². The molecule has 24 heavy (non-hydrogen) atoms. The third-order valence-electron chi connectivity index (χ3n) is 3.46. The molecular weight excluding hydrogens is 320 g/mol. The number of fused-ring (bicyclic) bond motifs is 1. The van der Waals surface area contributed by atoms with E-state index < -0.39 is 22.9 Å². The first kappa shape index (κ1) is 17.7. The lowest BCUT2D eigenvalue weighted by atomic mass is 10.1. The molecule has 1 aromatic rings. The maximum atomic E-state index is 12.5. The van der Waals surface area contributed by atoms with Gasteiger partial charge in [0.05, 0.1) is 17.2 Å². The molecule has 0 aromatic heterocycles. The molecule has 1 atom stereocenters. The van der Waals surface area contributed by atoms with E-state index in [4.69, 9.17) is 14.2 Å². The van der Waals surface area contributed by atoms with Gasteiger partial charge < -0.3 is 14.2 Å². The Kier molecular flexibility index (Phi) is 5.69. The van der Waals surface area contributed by atoms with Crippen LogP contribution in [-0.4, -0.2) is 49.8 Å². The molecule has 0 spiro atoms. The highest BCUT2D eigenvalue weighted by Gasteiger charge is 2.35. The standard InChI is InChI=1S/C15H18N2O7/c1-3-12-15(19)16(9-14(18)23-7-6-22-2)11-8-10(17(20)21)4-5-13(11)24-12/h4-5,8,12H,3,6-7,9H2,1-2H3. The van der Waals surface area contributed by atoms with Crippen molar-refractivity contribution in [2.45, 2.75) is 19.4 Å². The Hall–Kier alpha value is -2.68. The van der Waals surface area contributed by atoms with E-state index in [0.717, 1.165) is 4.90 Å². The van der Waals surface area contributed by atoms with Crippen molar-refractivity contribution < 1.29 is 28.7 Å². The van der Waals surface area contributed by atoms with Gasteiger partial charge in [0.1, 0.15) is 18.9 Å². The lowest BCUT2D eigenvalue weighted by molar-refractivity contribution is -0.384. The van der Waals surface area contributed by atoms with Crippen LogP contribution in [0.2, 0.25) is 0 Å². The summed E-state index contributed by atoms with van der Waals surface area (Å²) < 4.78 is 15.3. The van der Waals surface area contributed by atoms with Crippen LogP contribution in [-0.2, 0) is 19.1 Å². The molecule has 0 N–H and O–H groups in total. The summed E-state index contributed by atoms with van der Waals surface area (Å²) in [6, 6.07) is 3.92. The molecule has 1 aromatic carbocycles. The summed E-state index contributed by atoms with van der Waals surface area (Å²) in [5.41, 5.74) is -0.0135. The highest BCUT2D eigenvalue weighted by atomic mass is 16.6. The number of hydrogen-bond donors (Lipinski definition) is 0. The Bertz CT molecular complexity index is 647. The van der Waals surface area contributed by atoms with Gasteiger partial charge in [0, 0.05) is 19.2 Å². The number of anilines is 1. The van der Waals surface area contributed by atoms with Crippen molar-refractivity contribution in [2.24, 2.45) is 0 Å². The van der Waals surface area contributed by atoms with Gasteiger partial charge in [-0.1, -0.05) is 6.92 Å². The molecule has 0 fully saturated rings. The van der Waals surface area contributed by atoms with Crippen LogP contribution in [0.3, 0.4) is 0 Å². The largest absolute Gasteiger partial charge is 0.478 e. The molecule has 130 valence electrons. The second kappa shape index (κ2) is 7.73. The summed E-state index contributed by atoms with van der Waals surface area (Å²) in [5, 5.41) is 10.9. The van der Waals surface area contributed by atoms with Crippen LogP contribution < -0.4 is 9.64 Å². The van der Waals surface area contributed by atoms with Crippen LogP contribution in [0, 0.1) is 10.1 Å². The summed E-state index contributed by atoms with van der Waals surface area (Å²) in [4.78, 5) is 35.9. The van der Waals surface area contributed by atoms with Crippen molar-refractivity contribution in [3.63, 3.8) is 0 Å². The zero-order valence-corrected chi connectivity index (χ0v) is 13.4. The van der Waals surface area contributed by atoms with Crippen molar-refractivity contribution in [1.29, 1.82) is 0 Å². The van der Waals surface area contributed by atoms with Crippen LogP contribution in [0.15, 0.2) is 18.2 Å². The predicted molar refractivity (Wildman–Crippen MR) is 83.0 cm³/mol. The summed E-state index contributed by atoms with van der Waals surface area (Å²) in [5.74, 6) is -0.749. The lowest BCUT2D eigenvalue weighted by Gasteiger charge is -2.33. The fourth-order valence-electron chi connectivity index (χ4n) is 2.26. The van der Waals surface area contributed by atoms with Gasteiger partial charge in [0.25, 0.3) is 11.6 Å². The summed E-state index contributed by atoms with van der Waals surface area (Å²) in [6.07, 6.45) is -0.337. The average Bonchev–Trinajstić information content (AvgIpc) is 2.56. The minimum atomic E-state index is -0.745. The maximum absolute atomic E-state index is 12.5. The van der Waals surface area contributed by atoms with E-state index in [1.807, 2.05) is 0 Å². The van der Waals surface area contributed by atoms with Gasteiger partial charge in [-0.25, -0.2) is 0 Å². The predicted octanol–water partition coefficient (Wildman–Crippen LogP) is 1.29. The monoisotopic (exact) mass is 338 g/mol.